The Bertz CT molecular complexity index is 3900. The Labute approximate surface area is 509 Å². The van der Waals surface area contributed by atoms with Crippen molar-refractivity contribution in [2.45, 2.75) is 141 Å². The molecule has 0 radical (unpaired) electrons. The van der Waals surface area contributed by atoms with E-state index >= 15 is 9.18 Å². The third-order valence-electron chi connectivity index (χ3n) is 19.4. The molecule has 3 N–H and O–H groups in total. The van der Waals surface area contributed by atoms with Crippen molar-refractivity contribution in [3.05, 3.63) is 130 Å². The highest BCUT2D eigenvalue weighted by Gasteiger charge is 2.56. The minimum absolute atomic E-state index is 0.00656. The number of carbonyl (C=O) groups is 8. The van der Waals surface area contributed by atoms with Gasteiger partial charge in [0.1, 0.15) is 17.4 Å². The number of hydrogen-bond donors (Lipinski definition) is 3. The van der Waals surface area contributed by atoms with Crippen LogP contribution in [0.15, 0.2) is 85.2 Å². The molecule has 2 atom stereocenters. The SMILES string of the molecule is Cc1cc(F)c(Nc2nc(-c3ccc4c(c3)N([C@H]3C[C@@H](N5CCCCC5)C3)C(=O)C43CCN(C(=O)c4ccc(C(=O)N5CCN(c6ccc7c(c6)C(=O)N(C6CCC(=O)NC6=O)C7=O)CC5C)cc4)CC3)cc3ncn(C(C)C)c23)cc1C(=O)NC(C)C. The average Bonchev–Trinajstić information content (AvgIpc) is 1.57. The number of fused-ring (bicyclic) bond motifs is 4. The zero-order valence-corrected chi connectivity index (χ0v) is 50.5. The molecule has 6 aromatic rings. The fourth-order valence-corrected chi connectivity index (χ4v) is 14.5. The van der Waals surface area contributed by atoms with Crippen LogP contribution in [0.1, 0.15) is 161 Å². The fraction of sp³-hybridized carbons (Fsp3) is 0.433. The van der Waals surface area contributed by atoms with Gasteiger partial charge in [-0.25, -0.2) is 14.4 Å². The lowest BCUT2D eigenvalue weighted by atomic mass is 9.73. The van der Waals surface area contributed by atoms with Crippen molar-refractivity contribution in [2.24, 2.45) is 0 Å². The van der Waals surface area contributed by atoms with Crippen LogP contribution in [0.3, 0.4) is 0 Å². The first-order chi connectivity index (χ1) is 42.3. The maximum absolute atomic E-state index is 16.0. The number of amides is 8. The van der Waals surface area contributed by atoms with Crippen molar-refractivity contribution in [1.82, 2.24) is 44.8 Å². The second kappa shape index (κ2) is 22.7. The molecule has 4 saturated heterocycles. The summed E-state index contributed by atoms with van der Waals surface area (Å²) in [6, 6.07) is 21.7. The van der Waals surface area contributed by atoms with Gasteiger partial charge < -0.3 is 39.7 Å². The second-order valence-electron chi connectivity index (χ2n) is 25.6. The Morgan fingerprint density at radius 3 is 2.17 bits per heavy atom. The molecule has 1 saturated carbocycles. The smallest absolute Gasteiger partial charge is 0.262 e. The summed E-state index contributed by atoms with van der Waals surface area (Å²) in [6.45, 7) is 15.6. The summed E-state index contributed by atoms with van der Waals surface area (Å²) in [5.74, 6) is -3.05. The molecule has 4 aromatic carbocycles. The van der Waals surface area contributed by atoms with Crippen molar-refractivity contribution >= 4 is 81.2 Å². The molecular weight excluding hydrogens is 1120 g/mol. The summed E-state index contributed by atoms with van der Waals surface area (Å²) >= 11 is 0. The summed E-state index contributed by atoms with van der Waals surface area (Å²) in [6.07, 6.45) is 8.03. The number of piperidine rings is 3. The third-order valence-corrected chi connectivity index (χ3v) is 19.4. The lowest BCUT2D eigenvalue weighted by Gasteiger charge is -2.48. The first-order valence-electron chi connectivity index (χ1n) is 31.1. The molecule has 13 rings (SSSR count). The Hall–Kier alpha value is -8.85. The van der Waals surface area contributed by atoms with E-state index in [2.05, 4.69) is 37.9 Å². The summed E-state index contributed by atoms with van der Waals surface area (Å²) in [7, 11) is 0. The first kappa shape index (κ1) is 58.2. The molecule has 6 aliphatic heterocycles. The molecule has 456 valence electrons. The number of likely N-dealkylation sites (tertiary alicyclic amines) is 2. The lowest BCUT2D eigenvalue weighted by molar-refractivity contribution is -0.136. The minimum atomic E-state index is -1.06. The van der Waals surface area contributed by atoms with Crippen molar-refractivity contribution in [3.8, 4) is 11.3 Å². The van der Waals surface area contributed by atoms with Gasteiger partial charge in [0.15, 0.2) is 5.82 Å². The topological polar surface area (TPSA) is 223 Å². The van der Waals surface area contributed by atoms with E-state index < -0.39 is 40.9 Å². The van der Waals surface area contributed by atoms with E-state index in [9.17, 15) is 33.6 Å². The van der Waals surface area contributed by atoms with Gasteiger partial charge in [-0.15, -0.1) is 0 Å². The molecular formula is C67H73FN12O8. The normalized spacial score (nSPS) is 22.0. The number of aromatic nitrogens is 3. The number of imide groups is 2. The molecule has 8 amide bonds. The highest BCUT2D eigenvalue weighted by atomic mass is 19.1. The van der Waals surface area contributed by atoms with Crippen LogP contribution >= 0.6 is 0 Å². The number of nitrogens with one attached hydrogen (secondary N) is 3. The average molecular weight is 1190 g/mol. The molecule has 7 aliphatic rings. The maximum Gasteiger partial charge on any atom is 0.262 e. The summed E-state index contributed by atoms with van der Waals surface area (Å²) in [5, 5.41) is 8.41. The summed E-state index contributed by atoms with van der Waals surface area (Å²) in [4.78, 5) is 130. The van der Waals surface area contributed by atoms with Crippen LogP contribution in [0.5, 0.6) is 0 Å². The molecule has 5 fully saturated rings. The molecule has 2 aromatic heterocycles. The van der Waals surface area contributed by atoms with Crippen LogP contribution in [-0.2, 0) is 19.8 Å². The van der Waals surface area contributed by atoms with Crippen molar-refractivity contribution in [3.63, 3.8) is 0 Å². The van der Waals surface area contributed by atoms with E-state index in [1.165, 1.54) is 31.4 Å². The van der Waals surface area contributed by atoms with Crippen molar-refractivity contribution < 1.29 is 42.7 Å². The van der Waals surface area contributed by atoms with Gasteiger partial charge in [0.25, 0.3) is 29.5 Å². The number of carbonyl (C=O) groups excluding carboxylic acids is 8. The fourth-order valence-electron chi connectivity index (χ4n) is 14.5. The van der Waals surface area contributed by atoms with Crippen LogP contribution in [0.25, 0.3) is 22.3 Å². The number of piperazine rings is 1. The van der Waals surface area contributed by atoms with Gasteiger partial charge >= 0.3 is 0 Å². The van der Waals surface area contributed by atoms with Gasteiger partial charge in [-0.2, -0.15) is 0 Å². The van der Waals surface area contributed by atoms with Gasteiger partial charge in [-0.1, -0.05) is 18.6 Å². The zero-order valence-electron chi connectivity index (χ0n) is 50.5. The quantitative estimate of drug-likeness (QED) is 0.0983. The first-order valence-corrected chi connectivity index (χ1v) is 31.1. The highest BCUT2D eigenvalue weighted by molar-refractivity contribution is 6.24. The number of aryl methyl sites for hydroxylation is 1. The Morgan fingerprint density at radius 1 is 0.761 bits per heavy atom. The molecule has 1 aliphatic carbocycles. The van der Waals surface area contributed by atoms with Gasteiger partial charge in [-0.05, 0) is 177 Å². The summed E-state index contributed by atoms with van der Waals surface area (Å²) in [5.41, 5.74) is 6.47. The molecule has 1 spiro atoms. The Kier molecular flexibility index (Phi) is 15.0. The molecule has 20 nitrogen and oxygen atoms in total. The van der Waals surface area contributed by atoms with Crippen LogP contribution in [0.2, 0.25) is 0 Å². The zero-order chi connectivity index (χ0) is 61.6. The van der Waals surface area contributed by atoms with Crippen LogP contribution in [0, 0.1) is 12.7 Å². The number of hydrogen-bond acceptors (Lipinski definition) is 13. The molecule has 21 heteroatoms. The second-order valence-corrected chi connectivity index (χ2v) is 25.6. The van der Waals surface area contributed by atoms with Crippen LogP contribution in [0.4, 0.5) is 27.3 Å². The molecule has 2 unspecified atom stereocenters. The molecule has 8 heterocycles. The van der Waals surface area contributed by atoms with Crippen LogP contribution < -0.4 is 25.8 Å². The Morgan fingerprint density at radius 2 is 1.48 bits per heavy atom. The van der Waals surface area contributed by atoms with Crippen LogP contribution in [-0.4, -0.2) is 157 Å². The van der Waals surface area contributed by atoms with Gasteiger partial charge in [0, 0.05) is 103 Å². The van der Waals surface area contributed by atoms with Gasteiger partial charge in [-0.3, -0.25) is 48.6 Å². The maximum atomic E-state index is 16.0. The largest absolute Gasteiger partial charge is 0.368 e. The van der Waals surface area contributed by atoms with E-state index in [0.29, 0.717) is 102 Å². The van der Waals surface area contributed by atoms with Gasteiger partial charge in [0.2, 0.25) is 17.7 Å². The molecule has 0 bridgehead atoms. The van der Waals surface area contributed by atoms with Crippen molar-refractivity contribution in [1.29, 1.82) is 0 Å². The van der Waals surface area contributed by atoms with E-state index in [0.717, 1.165) is 47.6 Å². The predicted octanol–water partition coefficient (Wildman–Crippen LogP) is 8.30. The van der Waals surface area contributed by atoms with E-state index in [1.807, 2.05) is 56.2 Å². The third kappa shape index (κ3) is 10.1. The lowest BCUT2D eigenvalue weighted by Crippen LogP contribution is -2.58. The summed E-state index contributed by atoms with van der Waals surface area (Å²) < 4.78 is 18.0. The van der Waals surface area contributed by atoms with E-state index in [4.69, 9.17) is 9.97 Å². The monoisotopic (exact) mass is 1190 g/mol. The number of imidazole rings is 1. The predicted molar refractivity (Wildman–Crippen MR) is 329 cm³/mol. The number of nitrogens with zero attached hydrogens (tertiary/aromatic N) is 9. The van der Waals surface area contributed by atoms with E-state index in [1.54, 1.807) is 65.5 Å². The minimum Gasteiger partial charge on any atom is -0.368 e. The number of rotatable bonds is 12. The van der Waals surface area contributed by atoms with Gasteiger partial charge in [0.05, 0.1) is 39.8 Å². The van der Waals surface area contributed by atoms with E-state index in [-0.39, 0.29) is 77.5 Å². The number of pyridine rings is 1. The standard InChI is InChI=1S/C67H73FN12O8/c1-37(2)70-60(82)48-33-53(51(68)28-39(48)5)72-59-58-54(69-36-78(58)38(3)4)34-52(71-59)43-14-17-50-56(29-43)79(46-30-45(31-46)74-22-8-7-9-23-74)66(88)67(50)20-24-75(25-21-67)62(84)41-10-12-42(13-11-41)63(85)77-27-26-76(35-40(77)6)44-15-16-47-49(32-44)65(87)80(64(47)86)55-18-19-57(81)73-61(55)83/h10-17,28-29,32-34,36-38,40,45-46,55H,7-9,18-27,30-31,35H2,1-6H3,(H,70,82)(H,71,72)(H,73,81,83)/t40?,45-,46+,55?. The van der Waals surface area contributed by atoms with Crippen molar-refractivity contribution in [2.75, 3.05) is 60.9 Å². The number of halogens is 1. The number of anilines is 4. The highest BCUT2D eigenvalue weighted by Crippen LogP contribution is 2.52. The number of benzene rings is 4. The Balaban J connectivity index is 0.713. The molecule has 88 heavy (non-hydrogen) atoms.